The van der Waals surface area contributed by atoms with Crippen molar-refractivity contribution in [3.8, 4) is 0 Å². The molecule has 5 heteroatoms. The zero-order chi connectivity index (χ0) is 40.6. The van der Waals surface area contributed by atoms with Crippen molar-refractivity contribution in [1.29, 1.82) is 0 Å². The van der Waals surface area contributed by atoms with E-state index in [2.05, 4.69) is 32.6 Å². The van der Waals surface area contributed by atoms with E-state index in [0.29, 0.717) is 26.1 Å². The lowest BCUT2D eigenvalue weighted by Crippen LogP contribution is -2.22. The van der Waals surface area contributed by atoms with Crippen molar-refractivity contribution in [3.63, 3.8) is 0 Å². The molecule has 0 radical (unpaired) electrons. The monoisotopic (exact) mass is 790 g/mol. The Morgan fingerprint density at radius 2 is 0.696 bits per heavy atom. The van der Waals surface area contributed by atoms with Crippen LogP contribution in [0.15, 0.2) is 0 Å². The average molecular weight is 790 g/mol. The van der Waals surface area contributed by atoms with Crippen LogP contribution in [-0.2, 0) is 19.1 Å². The molecule has 0 aromatic heterocycles. The minimum atomic E-state index is 0.0245. The second-order valence-corrected chi connectivity index (χ2v) is 18.3. The van der Waals surface area contributed by atoms with Crippen LogP contribution in [0, 0.1) is 17.8 Å². The molecule has 0 bridgehead atoms. The first kappa shape index (κ1) is 52.9. The molecule has 0 saturated carbocycles. The molecule has 0 amide bonds. The maximum atomic E-state index is 12.4. The van der Waals surface area contributed by atoms with E-state index in [1.165, 1.54) is 206 Å². The topological polar surface area (TPSA) is 55.8 Å². The minimum absolute atomic E-state index is 0.0245. The molecule has 0 N–H and O–H groups in total. The number of rotatable bonds is 43. The minimum Gasteiger partial charge on any atom is -0.466 e. The number of unbranched alkanes of at least 4 members (excludes halogenated alkanes) is 18. The molecule has 1 heterocycles. The van der Waals surface area contributed by atoms with Crippen molar-refractivity contribution in [1.82, 2.24) is 4.90 Å². The van der Waals surface area contributed by atoms with E-state index < -0.39 is 0 Å². The van der Waals surface area contributed by atoms with Crippen molar-refractivity contribution in [2.24, 2.45) is 17.8 Å². The van der Waals surface area contributed by atoms with Crippen LogP contribution in [0.4, 0.5) is 0 Å². The fraction of sp³-hybridized carbons (Fsp3) is 0.961. The summed E-state index contributed by atoms with van der Waals surface area (Å²) >= 11 is 0. The summed E-state index contributed by atoms with van der Waals surface area (Å²) in [5, 5.41) is 0. The molecule has 1 saturated heterocycles. The van der Waals surface area contributed by atoms with Crippen LogP contribution < -0.4 is 0 Å². The van der Waals surface area contributed by atoms with Gasteiger partial charge >= 0.3 is 11.9 Å². The van der Waals surface area contributed by atoms with Gasteiger partial charge in [0.2, 0.25) is 0 Å². The highest BCUT2D eigenvalue weighted by atomic mass is 16.5. The highest BCUT2D eigenvalue weighted by Gasteiger charge is 2.16. The normalized spacial score (nSPS) is 13.5. The number of ether oxygens (including phenoxy) is 2. The maximum Gasteiger partial charge on any atom is 0.305 e. The average Bonchev–Trinajstić information content (AvgIpc) is 3.72. The molecule has 1 fully saturated rings. The van der Waals surface area contributed by atoms with Gasteiger partial charge in [-0.1, -0.05) is 207 Å². The lowest BCUT2D eigenvalue weighted by molar-refractivity contribution is -0.145. The van der Waals surface area contributed by atoms with Crippen molar-refractivity contribution in [2.75, 3.05) is 32.8 Å². The summed E-state index contributed by atoms with van der Waals surface area (Å²) in [7, 11) is 0. The Labute approximate surface area is 350 Å². The Bertz CT molecular complexity index is 764. The van der Waals surface area contributed by atoms with Gasteiger partial charge in [-0.15, -0.1) is 0 Å². The molecular formula is C51H99NO4. The second kappa shape index (κ2) is 40.7. The fourth-order valence-electron chi connectivity index (χ4n) is 9.04. The predicted octanol–water partition coefficient (Wildman–Crippen LogP) is 15.8. The van der Waals surface area contributed by atoms with E-state index in [0.717, 1.165) is 56.3 Å². The fourth-order valence-corrected chi connectivity index (χ4v) is 9.04. The van der Waals surface area contributed by atoms with Gasteiger partial charge in [0.25, 0.3) is 0 Å². The Kier molecular flexibility index (Phi) is 38.4. The highest BCUT2D eigenvalue weighted by Crippen LogP contribution is 2.25. The molecule has 1 aliphatic heterocycles. The summed E-state index contributed by atoms with van der Waals surface area (Å²) in [4.78, 5) is 27.4. The van der Waals surface area contributed by atoms with E-state index >= 15 is 0 Å². The Morgan fingerprint density at radius 1 is 0.393 bits per heavy atom. The summed E-state index contributed by atoms with van der Waals surface area (Å²) < 4.78 is 11.3. The Morgan fingerprint density at radius 3 is 1.05 bits per heavy atom. The molecule has 0 spiro atoms. The summed E-state index contributed by atoms with van der Waals surface area (Å²) in [6.07, 6.45) is 45.9. The second-order valence-electron chi connectivity index (χ2n) is 18.3. The molecule has 5 nitrogen and oxygen atoms in total. The van der Waals surface area contributed by atoms with Gasteiger partial charge in [-0.05, 0) is 82.3 Å². The van der Waals surface area contributed by atoms with Crippen LogP contribution in [0.3, 0.4) is 0 Å². The van der Waals surface area contributed by atoms with Gasteiger partial charge in [-0.2, -0.15) is 0 Å². The summed E-state index contributed by atoms with van der Waals surface area (Å²) in [5.74, 6) is 2.38. The van der Waals surface area contributed by atoms with Gasteiger partial charge in [0.05, 0.1) is 13.2 Å². The van der Waals surface area contributed by atoms with Gasteiger partial charge in [-0.25, -0.2) is 0 Å². The highest BCUT2D eigenvalue weighted by molar-refractivity contribution is 5.69. The van der Waals surface area contributed by atoms with E-state index in [1.54, 1.807) is 0 Å². The number of carbonyl (C=O) groups is 2. The summed E-state index contributed by atoms with van der Waals surface area (Å²) in [5.41, 5.74) is 0. The largest absolute Gasteiger partial charge is 0.466 e. The standard InChI is InChI=1S/C51H99NO4/c1-5-9-21-31-48(32-22-10-6-2)40-45-55-50(53)37-27-19-15-13-17-25-35-47(39-44-52-42-29-30-43-52)36-26-18-14-16-20-28-38-51(54)56-46-41-49(33-23-11-7-3)34-24-12-8-4/h47-49H,5-46H2,1-4H3. The lowest BCUT2D eigenvalue weighted by atomic mass is 9.91. The first-order valence-corrected chi connectivity index (χ1v) is 25.6. The molecule has 0 atom stereocenters. The van der Waals surface area contributed by atoms with E-state index in [-0.39, 0.29) is 11.9 Å². The summed E-state index contributed by atoms with van der Waals surface area (Å²) in [6.45, 7) is 14.3. The molecular weight excluding hydrogens is 691 g/mol. The number of carbonyl (C=O) groups excluding carboxylic acids is 2. The molecule has 1 aliphatic rings. The molecule has 0 aromatic carbocycles. The third-order valence-electron chi connectivity index (χ3n) is 13.0. The number of hydrogen-bond acceptors (Lipinski definition) is 5. The van der Waals surface area contributed by atoms with Gasteiger partial charge < -0.3 is 14.4 Å². The molecule has 0 unspecified atom stereocenters. The van der Waals surface area contributed by atoms with Crippen LogP contribution in [0.2, 0.25) is 0 Å². The van der Waals surface area contributed by atoms with Crippen molar-refractivity contribution in [2.45, 2.75) is 265 Å². The molecule has 0 aliphatic carbocycles. The Hall–Kier alpha value is -1.10. The van der Waals surface area contributed by atoms with Gasteiger partial charge in [0, 0.05) is 12.8 Å². The van der Waals surface area contributed by atoms with Crippen molar-refractivity contribution < 1.29 is 19.1 Å². The lowest BCUT2D eigenvalue weighted by Gasteiger charge is -2.21. The van der Waals surface area contributed by atoms with Gasteiger partial charge in [0.1, 0.15) is 0 Å². The van der Waals surface area contributed by atoms with E-state index in [1.807, 2.05) is 0 Å². The Balaban J connectivity index is 2.15. The molecule has 1 rings (SSSR count). The third kappa shape index (κ3) is 33.8. The van der Waals surface area contributed by atoms with Crippen LogP contribution >= 0.6 is 0 Å². The number of hydrogen-bond donors (Lipinski definition) is 0. The first-order chi connectivity index (χ1) is 27.5. The van der Waals surface area contributed by atoms with Gasteiger partial charge in [-0.3, -0.25) is 9.59 Å². The molecule has 56 heavy (non-hydrogen) atoms. The van der Waals surface area contributed by atoms with Crippen LogP contribution in [0.1, 0.15) is 265 Å². The van der Waals surface area contributed by atoms with Gasteiger partial charge in [0.15, 0.2) is 0 Å². The zero-order valence-electron chi connectivity index (χ0n) is 38.5. The molecule has 0 aromatic rings. The van der Waals surface area contributed by atoms with Crippen LogP contribution in [-0.4, -0.2) is 49.7 Å². The van der Waals surface area contributed by atoms with Crippen molar-refractivity contribution in [3.05, 3.63) is 0 Å². The third-order valence-corrected chi connectivity index (χ3v) is 13.0. The number of likely N-dealkylation sites (tertiary alicyclic amines) is 1. The van der Waals surface area contributed by atoms with Crippen LogP contribution in [0.25, 0.3) is 0 Å². The van der Waals surface area contributed by atoms with Crippen molar-refractivity contribution >= 4 is 11.9 Å². The quantitative estimate of drug-likeness (QED) is 0.0455. The summed E-state index contributed by atoms with van der Waals surface area (Å²) in [6, 6.07) is 0. The maximum absolute atomic E-state index is 12.4. The smallest absolute Gasteiger partial charge is 0.305 e. The predicted molar refractivity (Wildman–Crippen MR) is 242 cm³/mol. The first-order valence-electron chi connectivity index (χ1n) is 25.6. The van der Waals surface area contributed by atoms with E-state index in [4.69, 9.17) is 9.47 Å². The number of nitrogens with zero attached hydrogens (tertiary/aromatic N) is 1. The van der Waals surface area contributed by atoms with E-state index in [9.17, 15) is 9.59 Å². The zero-order valence-corrected chi connectivity index (χ0v) is 38.5. The molecule has 332 valence electrons. The van der Waals surface area contributed by atoms with Crippen LogP contribution in [0.5, 0.6) is 0 Å². The SMILES string of the molecule is CCCCCC(CCCCC)CCOC(=O)CCCCCCCCC(CCCCCCCCC(=O)OCCC(CCCCC)CCCCC)CCN1CCCC1. The number of esters is 2.